The average molecular weight is 346 g/mol. The first-order valence-electron chi connectivity index (χ1n) is 6.63. The molecule has 1 heterocycles. The lowest BCUT2D eigenvalue weighted by Gasteiger charge is -2.09. The van der Waals surface area contributed by atoms with Crippen molar-refractivity contribution in [2.45, 2.75) is 6.54 Å². The van der Waals surface area contributed by atoms with E-state index in [-0.39, 0.29) is 0 Å². The monoisotopic (exact) mass is 345 g/mol. The molecule has 0 saturated carbocycles. The molecule has 0 bridgehead atoms. The van der Waals surface area contributed by atoms with Crippen LogP contribution in [0.25, 0.3) is 22.4 Å². The molecule has 2 aromatic carbocycles. The molecule has 0 saturated heterocycles. The largest absolute Gasteiger partial charge is 0.496 e. The zero-order chi connectivity index (χ0) is 15.0. The van der Waals surface area contributed by atoms with E-state index in [1.807, 2.05) is 37.4 Å². The quantitative estimate of drug-likeness (QED) is 0.790. The molecule has 0 radical (unpaired) electrons. The molecule has 0 aliphatic heterocycles. The van der Waals surface area contributed by atoms with E-state index >= 15 is 0 Å². The van der Waals surface area contributed by atoms with Gasteiger partial charge in [-0.15, -0.1) is 0 Å². The van der Waals surface area contributed by atoms with Crippen LogP contribution in [0.2, 0.25) is 0 Å². The lowest BCUT2D eigenvalue weighted by atomic mass is 10.2. The van der Waals surface area contributed by atoms with E-state index in [0.29, 0.717) is 6.54 Å². The number of ether oxygens (including phenoxy) is 1. The van der Waals surface area contributed by atoms with E-state index in [1.165, 1.54) is 0 Å². The zero-order valence-corrected chi connectivity index (χ0v) is 13.5. The van der Waals surface area contributed by atoms with Crippen LogP contribution in [0, 0.1) is 0 Å². The van der Waals surface area contributed by atoms with Crippen LogP contribution in [0.3, 0.4) is 0 Å². The molecule has 0 aliphatic carbocycles. The van der Waals surface area contributed by atoms with Gasteiger partial charge in [-0.1, -0.05) is 22.0 Å². The highest BCUT2D eigenvalue weighted by Crippen LogP contribution is 2.33. The second-order valence-corrected chi connectivity index (χ2v) is 5.78. The Bertz CT molecular complexity index is 811. The van der Waals surface area contributed by atoms with Gasteiger partial charge in [-0.3, -0.25) is 0 Å². The van der Waals surface area contributed by atoms with Crippen molar-refractivity contribution in [3.63, 3.8) is 0 Å². The van der Waals surface area contributed by atoms with E-state index in [0.717, 1.165) is 38.2 Å². The van der Waals surface area contributed by atoms with Crippen LogP contribution in [0.1, 0.15) is 5.56 Å². The van der Waals surface area contributed by atoms with Crippen molar-refractivity contribution < 1.29 is 4.74 Å². The SMILES string of the molecule is COc1cc(Br)ccc1-c1nc2ccc(CN)cc2n1C. The Morgan fingerprint density at radius 1 is 1.24 bits per heavy atom. The summed E-state index contributed by atoms with van der Waals surface area (Å²) >= 11 is 3.46. The summed E-state index contributed by atoms with van der Waals surface area (Å²) in [4.78, 5) is 4.72. The van der Waals surface area contributed by atoms with E-state index < -0.39 is 0 Å². The van der Waals surface area contributed by atoms with Gasteiger partial charge < -0.3 is 15.0 Å². The van der Waals surface area contributed by atoms with Crippen molar-refractivity contribution >= 4 is 27.0 Å². The number of nitrogens with zero attached hydrogens (tertiary/aromatic N) is 2. The van der Waals surface area contributed by atoms with Crippen LogP contribution in [0.4, 0.5) is 0 Å². The highest BCUT2D eigenvalue weighted by Gasteiger charge is 2.14. The number of methoxy groups -OCH3 is 1. The number of benzene rings is 2. The van der Waals surface area contributed by atoms with Crippen molar-refractivity contribution in [1.29, 1.82) is 0 Å². The summed E-state index contributed by atoms with van der Waals surface area (Å²) in [6.45, 7) is 0.526. The Morgan fingerprint density at radius 2 is 2.05 bits per heavy atom. The van der Waals surface area contributed by atoms with Crippen molar-refractivity contribution in [3.8, 4) is 17.1 Å². The number of hydrogen-bond donors (Lipinski definition) is 1. The molecular weight excluding hydrogens is 330 g/mol. The van der Waals surface area contributed by atoms with Crippen molar-refractivity contribution in [3.05, 3.63) is 46.4 Å². The van der Waals surface area contributed by atoms with Crippen LogP contribution in [0.5, 0.6) is 5.75 Å². The number of aromatic nitrogens is 2. The van der Waals surface area contributed by atoms with Gasteiger partial charge in [0.25, 0.3) is 0 Å². The van der Waals surface area contributed by atoms with E-state index in [9.17, 15) is 0 Å². The fourth-order valence-electron chi connectivity index (χ4n) is 2.45. The highest BCUT2D eigenvalue weighted by atomic mass is 79.9. The van der Waals surface area contributed by atoms with Crippen molar-refractivity contribution in [2.75, 3.05) is 7.11 Å². The fraction of sp³-hybridized carbons (Fsp3) is 0.188. The maximum atomic E-state index is 5.72. The van der Waals surface area contributed by atoms with Crippen LogP contribution in [0.15, 0.2) is 40.9 Å². The molecular formula is C16H16BrN3O. The van der Waals surface area contributed by atoms with Crippen LogP contribution < -0.4 is 10.5 Å². The molecule has 108 valence electrons. The first-order valence-corrected chi connectivity index (χ1v) is 7.42. The Labute approximate surface area is 131 Å². The molecule has 4 nitrogen and oxygen atoms in total. The predicted molar refractivity (Wildman–Crippen MR) is 88.3 cm³/mol. The maximum Gasteiger partial charge on any atom is 0.144 e. The lowest BCUT2D eigenvalue weighted by molar-refractivity contribution is 0.415. The number of fused-ring (bicyclic) bond motifs is 1. The van der Waals surface area contributed by atoms with Crippen LogP contribution in [-0.4, -0.2) is 16.7 Å². The summed E-state index contributed by atoms with van der Waals surface area (Å²) in [5.41, 5.74) is 9.80. The lowest BCUT2D eigenvalue weighted by Crippen LogP contribution is -1.97. The Kier molecular flexibility index (Phi) is 3.69. The second kappa shape index (κ2) is 5.50. The Morgan fingerprint density at radius 3 is 2.76 bits per heavy atom. The summed E-state index contributed by atoms with van der Waals surface area (Å²) in [6, 6.07) is 12.0. The minimum Gasteiger partial charge on any atom is -0.496 e. The number of halogens is 1. The van der Waals surface area contributed by atoms with Crippen LogP contribution >= 0.6 is 15.9 Å². The summed E-state index contributed by atoms with van der Waals surface area (Å²) in [6.07, 6.45) is 0. The summed E-state index contributed by atoms with van der Waals surface area (Å²) in [5, 5.41) is 0. The Balaban J connectivity index is 2.23. The molecule has 0 spiro atoms. The first kappa shape index (κ1) is 14.1. The molecule has 0 atom stereocenters. The zero-order valence-electron chi connectivity index (χ0n) is 11.9. The molecule has 0 fully saturated rings. The molecule has 5 heteroatoms. The number of rotatable bonds is 3. The van der Waals surface area contributed by atoms with Crippen molar-refractivity contribution in [2.24, 2.45) is 12.8 Å². The molecule has 0 unspecified atom stereocenters. The molecule has 2 N–H and O–H groups in total. The number of hydrogen-bond acceptors (Lipinski definition) is 3. The molecule has 3 aromatic rings. The smallest absolute Gasteiger partial charge is 0.144 e. The van der Waals surface area contributed by atoms with Gasteiger partial charge in [0.1, 0.15) is 11.6 Å². The van der Waals surface area contributed by atoms with E-state index in [2.05, 4.69) is 26.6 Å². The first-order chi connectivity index (χ1) is 10.1. The van der Waals surface area contributed by atoms with Crippen LogP contribution in [-0.2, 0) is 13.6 Å². The molecule has 0 amide bonds. The van der Waals surface area contributed by atoms with Gasteiger partial charge in [-0.05, 0) is 35.9 Å². The van der Waals surface area contributed by atoms with E-state index in [4.69, 9.17) is 15.5 Å². The number of imidazole rings is 1. The predicted octanol–water partition coefficient (Wildman–Crippen LogP) is 3.47. The van der Waals surface area contributed by atoms with Gasteiger partial charge in [0.15, 0.2) is 0 Å². The molecule has 1 aromatic heterocycles. The topological polar surface area (TPSA) is 53.1 Å². The minimum atomic E-state index is 0.526. The van der Waals surface area contributed by atoms with Gasteiger partial charge in [-0.2, -0.15) is 0 Å². The maximum absolute atomic E-state index is 5.72. The van der Waals surface area contributed by atoms with Crippen molar-refractivity contribution in [1.82, 2.24) is 9.55 Å². The third-order valence-corrected chi connectivity index (χ3v) is 4.08. The fourth-order valence-corrected chi connectivity index (χ4v) is 2.79. The molecule has 0 aliphatic rings. The third kappa shape index (κ3) is 2.43. The molecule has 21 heavy (non-hydrogen) atoms. The summed E-state index contributed by atoms with van der Waals surface area (Å²) in [7, 11) is 3.67. The Hall–Kier alpha value is -1.85. The standard InChI is InChI=1S/C16H16BrN3O/c1-20-14-7-10(9-18)3-6-13(14)19-16(20)12-5-4-11(17)8-15(12)21-2/h3-8H,9,18H2,1-2H3. The normalized spacial score (nSPS) is 11.0. The third-order valence-electron chi connectivity index (χ3n) is 3.59. The minimum absolute atomic E-state index is 0.526. The van der Waals surface area contributed by atoms with Gasteiger partial charge in [0, 0.05) is 18.1 Å². The van der Waals surface area contributed by atoms with Gasteiger partial charge in [0.2, 0.25) is 0 Å². The van der Waals surface area contributed by atoms with Gasteiger partial charge in [0.05, 0.1) is 23.7 Å². The number of nitrogens with two attached hydrogens (primary N) is 1. The van der Waals surface area contributed by atoms with Gasteiger partial charge in [-0.25, -0.2) is 4.98 Å². The highest BCUT2D eigenvalue weighted by molar-refractivity contribution is 9.10. The molecule has 3 rings (SSSR count). The number of aryl methyl sites for hydroxylation is 1. The van der Waals surface area contributed by atoms with Gasteiger partial charge >= 0.3 is 0 Å². The summed E-state index contributed by atoms with van der Waals surface area (Å²) in [5.74, 6) is 1.67. The average Bonchev–Trinajstić information content (AvgIpc) is 2.83. The summed E-state index contributed by atoms with van der Waals surface area (Å²) < 4.78 is 8.52. The van der Waals surface area contributed by atoms with E-state index in [1.54, 1.807) is 7.11 Å². The second-order valence-electron chi connectivity index (χ2n) is 4.87.